The van der Waals surface area contributed by atoms with Crippen LogP contribution in [0.4, 0.5) is 0 Å². The van der Waals surface area contributed by atoms with Crippen LogP contribution in [0.25, 0.3) is 66.3 Å². The molecular formula is C39H29N7Ru. The van der Waals surface area contributed by atoms with Gasteiger partial charge in [-0.15, -0.1) is 0 Å². The smallest absolute Gasteiger partial charge is 0.0971 e. The van der Waals surface area contributed by atoms with E-state index in [1.165, 1.54) is 27.1 Å². The van der Waals surface area contributed by atoms with Crippen molar-refractivity contribution in [3.8, 4) is 22.8 Å². The Bertz CT molecular complexity index is 2180. The van der Waals surface area contributed by atoms with Gasteiger partial charge in [-0.2, -0.15) is 0 Å². The molecule has 47 heavy (non-hydrogen) atoms. The molecule has 0 unspecified atom stereocenters. The van der Waals surface area contributed by atoms with E-state index in [4.69, 9.17) is 0 Å². The average Bonchev–Trinajstić information content (AvgIpc) is 3.54. The summed E-state index contributed by atoms with van der Waals surface area (Å²) in [6.07, 6.45) is 12.9. The molecule has 9 aromatic rings. The first kappa shape index (κ1) is 31.3. The second-order valence-electron chi connectivity index (χ2n) is 10.5. The summed E-state index contributed by atoms with van der Waals surface area (Å²) in [7, 11) is 2.08. The minimum Gasteiger partial charge on any atom is -0.351 e. The first-order valence-electron chi connectivity index (χ1n) is 14.9. The number of nitrogens with zero attached hydrogens (tertiary/aromatic N) is 7. The molecule has 0 saturated carbocycles. The van der Waals surface area contributed by atoms with Gasteiger partial charge in [-0.25, -0.2) is 0 Å². The Balaban J connectivity index is 0.000000132. The molecule has 228 valence electrons. The molecule has 7 nitrogen and oxygen atoms in total. The van der Waals surface area contributed by atoms with E-state index in [1.54, 1.807) is 24.8 Å². The fourth-order valence-corrected chi connectivity index (χ4v) is 5.53. The van der Waals surface area contributed by atoms with E-state index in [2.05, 4.69) is 78.0 Å². The topological polar surface area (TPSA) is 82.3 Å². The van der Waals surface area contributed by atoms with Gasteiger partial charge < -0.3 is 4.57 Å². The summed E-state index contributed by atoms with van der Waals surface area (Å²) in [5, 5.41) is 6.10. The predicted octanol–water partition coefficient (Wildman–Crippen LogP) is 8.71. The number of fused-ring (bicyclic) bond motifs is 8. The van der Waals surface area contributed by atoms with Crippen molar-refractivity contribution in [1.29, 1.82) is 0 Å². The van der Waals surface area contributed by atoms with Gasteiger partial charge in [-0.1, -0.05) is 42.5 Å². The third-order valence-corrected chi connectivity index (χ3v) is 7.65. The first-order valence-corrected chi connectivity index (χ1v) is 14.9. The van der Waals surface area contributed by atoms with E-state index in [0.717, 1.165) is 39.2 Å². The van der Waals surface area contributed by atoms with Gasteiger partial charge in [-0.3, -0.25) is 29.9 Å². The van der Waals surface area contributed by atoms with Crippen molar-refractivity contribution in [3.63, 3.8) is 0 Å². The maximum absolute atomic E-state index is 4.60. The van der Waals surface area contributed by atoms with Crippen molar-refractivity contribution in [3.05, 3.63) is 159 Å². The second-order valence-corrected chi connectivity index (χ2v) is 10.5. The van der Waals surface area contributed by atoms with Crippen LogP contribution in [0, 0.1) is 0 Å². The number of aromatic nitrogens is 7. The minimum atomic E-state index is 0. The van der Waals surface area contributed by atoms with Crippen LogP contribution in [0.3, 0.4) is 0 Å². The van der Waals surface area contributed by atoms with Gasteiger partial charge in [-0.05, 0) is 78.2 Å². The number of rotatable bonds is 2. The molecule has 9 rings (SSSR count). The SMILES string of the molecule is Cn1ccc2c3c(ccc21)c1cccnc1c1ncccc13.[Ru].c1ccc(-c2ccccn2)nc1.c1ccc(-c2ccccn2)nc1. The Morgan fingerprint density at radius 3 is 1.30 bits per heavy atom. The molecule has 8 heteroatoms. The standard InChI is InChI=1S/C19H13N3.2C10H8N2.Ru/c1-22-11-8-14-16(22)7-6-12-13-4-2-9-20-18(13)19-15(17(12)14)5-3-10-21-19;2*1-3-7-11-9(5-1)10-6-2-4-8-12-10;/h2-11H,1H3;2*1-8H;. The number of benzene rings is 2. The van der Waals surface area contributed by atoms with Gasteiger partial charge in [0.15, 0.2) is 0 Å². The minimum absolute atomic E-state index is 0. The van der Waals surface area contributed by atoms with E-state index in [1.807, 2.05) is 97.3 Å². The number of pyridine rings is 6. The van der Waals surface area contributed by atoms with Crippen molar-refractivity contribution in [1.82, 2.24) is 34.5 Å². The summed E-state index contributed by atoms with van der Waals surface area (Å²) in [4.78, 5) is 25.9. The Kier molecular flexibility index (Phi) is 9.71. The van der Waals surface area contributed by atoms with Crippen molar-refractivity contribution < 1.29 is 19.5 Å². The first-order chi connectivity index (χ1) is 22.8. The van der Waals surface area contributed by atoms with Crippen LogP contribution >= 0.6 is 0 Å². The van der Waals surface area contributed by atoms with Crippen LogP contribution < -0.4 is 0 Å². The van der Waals surface area contributed by atoms with E-state index in [-0.39, 0.29) is 19.5 Å². The molecule has 7 aromatic heterocycles. The summed E-state index contributed by atoms with van der Waals surface area (Å²) in [6, 6.07) is 38.0. The Morgan fingerprint density at radius 1 is 0.383 bits per heavy atom. The van der Waals surface area contributed by atoms with Crippen molar-refractivity contribution in [2.45, 2.75) is 0 Å². The van der Waals surface area contributed by atoms with Crippen molar-refractivity contribution >= 4 is 43.5 Å². The molecule has 0 amide bonds. The fraction of sp³-hybridized carbons (Fsp3) is 0.0256. The van der Waals surface area contributed by atoms with Crippen LogP contribution in [0.1, 0.15) is 0 Å². The van der Waals surface area contributed by atoms with E-state index >= 15 is 0 Å². The van der Waals surface area contributed by atoms with Gasteiger partial charge in [0.2, 0.25) is 0 Å². The van der Waals surface area contributed by atoms with Crippen LogP contribution in [0.5, 0.6) is 0 Å². The largest absolute Gasteiger partial charge is 0.351 e. The van der Waals surface area contributed by atoms with Gasteiger partial charge in [0.25, 0.3) is 0 Å². The van der Waals surface area contributed by atoms with Crippen LogP contribution in [-0.4, -0.2) is 34.5 Å². The number of hydrogen-bond acceptors (Lipinski definition) is 6. The van der Waals surface area contributed by atoms with Gasteiger partial charge >= 0.3 is 0 Å². The predicted molar refractivity (Wildman–Crippen MR) is 186 cm³/mol. The van der Waals surface area contributed by atoms with Gasteiger partial charge in [0.1, 0.15) is 0 Å². The summed E-state index contributed by atoms with van der Waals surface area (Å²) in [5.41, 5.74) is 6.84. The van der Waals surface area contributed by atoms with E-state index in [9.17, 15) is 0 Å². The molecule has 7 heterocycles. The maximum atomic E-state index is 4.60. The normalized spacial score (nSPS) is 10.5. The molecule has 0 spiro atoms. The molecular weight excluding hydrogens is 668 g/mol. The molecule has 0 aliphatic carbocycles. The molecule has 0 bridgehead atoms. The van der Waals surface area contributed by atoms with Crippen molar-refractivity contribution in [2.75, 3.05) is 0 Å². The number of aryl methyl sites for hydroxylation is 1. The molecule has 0 fully saturated rings. The zero-order valence-corrected chi connectivity index (χ0v) is 27.2. The average molecular weight is 697 g/mol. The fourth-order valence-electron chi connectivity index (χ4n) is 5.53. The second kappa shape index (κ2) is 14.6. The molecule has 0 aliphatic rings. The third-order valence-electron chi connectivity index (χ3n) is 7.65. The van der Waals surface area contributed by atoms with Crippen molar-refractivity contribution in [2.24, 2.45) is 7.05 Å². The Morgan fingerprint density at radius 2 is 0.830 bits per heavy atom. The van der Waals surface area contributed by atoms with Crippen LogP contribution in [0.2, 0.25) is 0 Å². The van der Waals surface area contributed by atoms with Gasteiger partial charge in [0, 0.05) is 97.0 Å². The molecule has 0 saturated heterocycles. The molecule has 0 N–H and O–H groups in total. The van der Waals surface area contributed by atoms with E-state index in [0.29, 0.717) is 0 Å². The zero-order valence-electron chi connectivity index (χ0n) is 25.5. The molecule has 0 atom stereocenters. The van der Waals surface area contributed by atoms with E-state index < -0.39 is 0 Å². The Labute approximate surface area is 284 Å². The molecule has 0 radical (unpaired) electrons. The molecule has 0 aliphatic heterocycles. The summed E-state index contributed by atoms with van der Waals surface area (Å²) in [5.74, 6) is 0. The summed E-state index contributed by atoms with van der Waals surface area (Å²) in [6.45, 7) is 0. The summed E-state index contributed by atoms with van der Waals surface area (Å²) >= 11 is 0. The quantitative estimate of drug-likeness (QED) is 0.133. The third kappa shape index (κ3) is 6.64. The number of hydrogen-bond donors (Lipinski definition) is 0. The van der Waals surface area contributed by atoms with Crippen LogP contribution in [-0.2, 0) is 26.5 Å². The zero-order chi connectivity index (χ0) is 31.1. The van der Waals surface area contributed by atoms with Crippen LogP contribution in [0.15, 0.2) is 159 Å². The van der Waals surface area contributed by atoms with Gasteiger partial charge in [0.05, 0.1) is 33.8 Å². The molecule has 2 aromatic carbocycles. The summed E-state index contributed by atoms with van der Waals surface area (Å²) < 4.78 is 2.16. The monoisotopic (exact) mass is 697 g/mol. The maximum Gasteiger partial charge on any atom is 0.0971 e. The Hall–Kier alpha value is -5.72.